The van der Waals surface area contributed by atoms with Crippen molar-refractivity contribution >= 4 is 11.3 Å². The molecule has 6 heteroatoms. The normalized spacial score (nSPS) is 16.3. The predicted octanol–water partition coefficient (Wildman–Crippen LogP) is 3.43. The van der Waals surface area contributed by atoms with Crippen LogP contribution < -0.4 is 5.73 Å². The van der Waals surface area contributed by atoms with Crippen LogP contribution in [0, 0.1) is 6.92 Å². The van der Waals surface area contributed by atoms with Crippen LogP contribution in [-0.4, -0.2) is 15.1 Å². The van der Waals surface area contributed by atoms with E-state index in [0.717, 1.165) is 41.3 Å². The molecule has 1 aliphatic carbocycles. The Morgan fingerprint density at radius 1 is 1.22 bits per heavy atom. The molecule has 1 saturated carbocycles. The van der Waals surface area contributed by atoms with Crippen LogP contribution in [0.2, 0.25) is 0 Å². The van der Waals surface area contributed by atoms with Gasteiger partial charge in [-0.1, -0.05) is 35.5 Å². The monoisotopic (exact) mass is 326 g/mol. The fourth-order valence-electron chi connectivity index (χ4n) is 2.80. The van der Waals surface area contributed by atoms with Gasteiger partial charge in [-0.25, -0.2) is 4.98 Å². The van der Waals surface area contributed by atoms with E-state index in [1.165, 1.54) is 5.56 Å². The fourth-order valence-corrected chi connectivity index (χ4v) is 3.82. The van der Waals surface area contributed by atoms with Gasteiger partial charge in [0.2, 0.25) is 0 Å². The molecule has 0 amide bonds. The number of benzene rings is 1. The number of aromatic nitrogens is 3. The van der Waals surface area contributed by atoms with E-state index < -0.39 is 5.54 Å². The van der Waals surface area contributed by atoms with Crippen LogP contribution in [0.3, 0.4) is 0 Å². The summed E-state index contributed by atoms with van der Waals surface area (Å²) in [4.78, 5) is 10.1. The van der Waals surface area contributed by atoms with E-state index in [-0.39, 0.29) is 0 Å². The van der Waals surface area contributed by atoms with E-state index in [2.05, 4.69) is 27.3 Å². The molecule has 23 heavy (non-hydrogen) atoms. The maximum Gasteiger partial charge on any atom is 0.269 e. The topological polar surface area (TPSA) is 77.8 Å². The van der Waals surface area contributed by atoms with Crippen molar-refractivity contribution in [3.63, 3.8) is 0 Å². The van der Waals surface area contributed by atoms with Crippen LogP contribution in [0.4, 0.5) is 0 Å². The Morgan fingerprint density at radius 3 is 2.70 bits per heavy atom. The minimum absolute atomic E-state index is 0.396. The quantitative estimate of drug-likeness (QED) is 0.794. The molecular formula is C17H18N4OS. The van der Waals surface area contributed by atoms with Gasteiger partial charge in [0, 0.05) is 6.42 Å². The van der Waals surface area contributed by atoms with E-state index in [9.17, 15) is 0 Å². The smallest absolute Gasteiger partial charge is 0.269 e. The minimum Gasteiger partial charge on any atom is -0.333 e. The molecule has 2 N–H and O–H groups in total. The Balaban J connectivity index is 1.60. The third-order valence-corrected chi connectivity index (χ3v) is 5.50. The predicted molar refractivity (Wildman–Crippen MR) is 89.1 cm³/mol. The van der Waals surface area contributed by atoms with Crippen LogP contribution in [-0.2, 0) is 12.0 Å². The molecule has 0 atom stereocenters. The Bertz CT molecular complexity index is 820. The Labute approximate surface area is 138 Å². The summed E-state index contributed by atoms with van der Waals surface area (Å²) in [5, 5.41) is 5.14. The van der Waals surface area contributed by atoms with E-state index >= 15 is 0 Å². The number of rotatable bonds is 4. The van der Waals surface area contributed by atoms with Crippen LogP contribution >= 0.6 is 11.3 Å². The lowest BCUT2D eigenvalue weighted by atomic mass is 9.77. The summed E-state index contributed by atoms with van der Waals surface area (Å²) in [6.07, 6.45) is 3.79. The molecule has 0 radical (unpaired) electrons. The van der Waals surface area contributed by atoms with E-state index in [0.29, 0.717) is 11.7 Å². The van der Waals surface area contributed by atoms with Crippen molar-refractivity contribution in [2.45, 2.75) is 38.1 Å². The summed E-state index contributed by atoms with van der Waals surface area (Å²) in [6.45, 7) is 1.98. The molecule has 3 aromatic rings. The molecule has 1 fully saturated rings. The minimum atomic E-state index is -0.396. The molecule has 0 bridgehead atoms. The summed E-state index contributed by atoms with van der Waals surface area (Å²) in [5.41, 5.74) is 8.04. The first-order valence-electron chi connectivity index (χ1n) is 7.78. The summed E-state index contributed by atoms with van der Waals surface area (Å²) < 4.78 is 5.45. The van der Waals surface area contributed by atoms with Crippen molar-refractivity contribution in [3.05, 3.63) is 52.4 Å². The van der Waals surface area contributed by atoms with Crippen LogP contribution in [0.15, 0.2) is 34.9 Å². The summed E-state index contributed by atoms with van der Waals surface area (Å²) in [7, 11) is 0. The lowest BCUT2D eigenvalue weighted by Crippen LogP contribution is -2.44. The highest BCUT2D eigenvalue weighted by molar-refractivity contribution is 7.15. The van der Waals surface area contributed by atoms with Crippen molar-refractivity contribution in [2.75, 3.05) is 0 Å². The second-order valence-electron chi connectivity index (χ2n) is 6.12. The SMILES string of the molecule is Cc1nc(Cc2ccccc2)sc1-c1nc(C2(N)CCC2)no1. The van der Waals surface area contributed by atoms with Crippen molar-refractivity contribution in [1.82, 2.24) is 15.1 Å². The number of thiazole rings is 1. The molecule has 5 nitrogen and oxygen atoms in total. The summed E-state index contributed by atoms with van der Waals surface area (Å²) in [6, 6.07) is 10.3. The zero-order chi connectivity index (χ0) is 15.9. The van der Waals surface area contributed by atoms with Gasteiger partial charge in [0.15, 0.2) is 5.82 Å². The average molecular weight is 326 g/mol. The highest BCUT2D eigenvalue weighted by Crippen LogP contribution is 2.38. The van der Waals surface area contributed by atoms with E-state index in [1.807, 2.05) is 25.1 Å². The van der Waals surface area contributed by atoms with Gasteiger partial charge in [-0.2, -0.15) is 4.98 Å². The largest absolute Gasteiger partial charge is 0.333 e. The van der Waals surface area contributed by atoms with E-state index in [1.54, 1.807) is 11.3 Å². The zero-order valence-corrected chi connectivity index (χ0v) is 13.8. The van der Waals surface area contributed by atoms with Gasteiger partial charge >= 0.3 is 0 Å². The first-order valence-corrected chi connectivity index (χ1v) is 8.59. The maximum atomic E-state index is 6.26. The maximum absolute atomic E-state index is 6.26. The second-order valence-corrected chi connectivity index (χ2v) is 7.20. The standard InChI is InChI=1S/C17H18N4OS/c1-11-14(15-20-16(21-22-15)17(18)8-5-9-17)23-13(19-11)10-12-6-3-2-4-7-12/h2-4,6-7H,5,8-10,18H2,1H3. The van der Waals surface area contributed by atoms with Gasteiger partial charge in [-0.15, -0.1) is 11.3 Å². The van der Waals surface area contributed by atoms with Crippen molar-refractivity contribution < 1.29 is 4.52 Å². The number of hydrogen-bond acceptors (Lipinski definition) is 6. The molecule has 1 aliphatic rings. The zero-order valence-electron chi connectivity index (χ0n) is 13.0. The molecule has 2 aromatic heterocycles. The summed E-state index contributed by atoms with van der Waals surface area (Å²) >= 11 is 1.61. The van der Waals surface area contributed by atoms with E-state index in [4.69, 9.17) is 10.3 Å². The number of aryl methyl sites for hydroxylation is 1. The number of hydrogen-bond donors (Lipinski definition) is 1. The molecule has 0 saturated heterocycles. The van der Waals surface area contributed by atoms with Gasteiger partial charge in [0.05, 0.1) is 16.2 Å². The molecular weight excluding hydrogens is 308 g/mol. The number of nitrogens with two attached hydrogens (primary N) is 1. The first kappa shape index (κ1) is 14.5. The van der Waals surface area contributed by atoms with Gasteiger partial charge < -0.3 is 10.3 Å². The highest BCUT2D eigenvalue weighted by Gasteiger charge is 2.39. The first-order chi connectivity index (χ1) is 11.1. The van der Waals surface area contributed by atoms with Crippen molar-refractivity contribution in [1.29, 1.82) is 0 Å². The highest BCUT2D eigenvalue weighted by atomic mass is 32.1. The molecule has 4 rings (SSSR count). The van der Waals surface area contributed by atoms with Crippen molar-refractivity contribution in [3.8, 4) is 10.8 Å². The molecule has 0 spiro atoms. The van der Waals surface area contributed by atoms with Crippen LogP contribution in [0.25, 0.3) is 10.8 Å². The lowest BCUT2D eigenvalue weighted by molar-refractivity contribution is 0.229. The summed E-state index contributed by atoms with van der Waals surface area (Å²) in [5.74, 6) is 1.15. The molecule has 2 heterocycles. The van der Waals surface area contributed by atoms with Crippen molar-refractivity contribution in [2.24, 2.45) is 5.73 Å². The lowest BCUT2D eigenvalue weighted by Gasteiger charge is -2.34. The van der Waals surface area contributed by atoms with Gasteiger partial charge in [0.25, 0.3) is 5.89 Å². The fraction of sp³-hybridized carbons (Fsp3) is 0.353. The average Bonchev–Trinajstić information content (AvgIpc) is 3.13. The Hall–Kier alpha value is -2.05. The van der Waals surface area contributed by atoms with Gasteiger partial charge in [0.1, 0.15) is 4.88 Å². The third kappa shape index (κ3) is 2.68. The molecule has 1 aromatic carbocycles. The molecule has 118 valence electrons. The number of nitrogens with zero attached hydrogens (tertiary/aromatic N) is 3. The van der Waals surface area contributed by atoms with Gasteiger partial charge in [-0.05, 0) is 31.7 Å². The third-order valence-electron chi connectivity index (χ3n) is 4.35. The Morgan fingerprint density at radius 2 is 2.00 bits per heavy atom. The van der Waals surface area contributed by atoms with Crippen LogP contribution in [0.1, 0.15) is 41.4 Å². The van der Waals surface area contributed by atoms with Crippen LogP contribution in [0.5, 0.6) is 0 Å². The molecule has 0 unspecified atom stereocenters. The molecule has 0 aliphatic heterocycles. The second kappa shape index (κ2) is 5.54. The Kier molecular flexibility index (Phi) is 3.50. The van der Waals surface area contributed by atoms with Gasteiger partial charge in [-0.3, -0.25) is 0 Å².